The summed E-state index contributed by atoms with van der Waals surface area (Å²) in [6.45, 7) is 2.79. The number of benzene rings is 2. The van der Waals surface area contributed by atoms with Crippen molar-refractivity contribution in [3.63, 3.8) is 0 Å². The van der Waals surface area contributed by atoms with Crippen LogP contribution < -0.4 is 10.1 Å². The number of nitrogens with zero attached hydrogens (tertiary/aromatic N) is 1. The lowest BCUT2D eigenvalue weighted by molar-refractivity contribution is 0.416. The maximum absolute atomic E-state index is 5.40. The first-order valence-electron chi connectivity index (χ1n) is 6.98. The molecule has 3 heteroatoms. The Hall–Kier alpha value is -2.55. The van der Waals surface area contributed by atoms with Gasteiger partial charge in [0.05, 0.1) is 12.8 Å². The van der Waals surface area contributed by atoms with Crippen LogP contribution in [-0.4, -0.2) is 12.1 Å². The quantitative estimate of drug-likeness (QED) is 0.778. The predicted octanol–water partition coefficient (Wildman–Crippen LogP) is 4.16. The van der Waals surface area contributed by atoms with Crippen LogP contribution in [-0.2, 0) is 6.54 Å². The first kappa shape index (κ1) is 13.4. The summed E-state index contributed by atoms with van der Waals surface area (Å²) in [6.07, 6.45) is 3.81. The highest BCUT2D eigenvalue weighted by molar-refractivity contribution is 5.84. The van der Waals surface area contributed by atoms with Crippen LogP contribution in [0, 0.1) is 6.92 Å². The molecule has 0 spiro atoms. The molecule has 106 valence electrons. The van der Waals surface area contributed by atoms with Crippen molar-refractivity contribution < 1.29 is 4.74 Å². The number of hydrogen-bond donors (Lipinski definition) is 1. The third kappa shape index (κ3) is 2.82. The van der Waals surface area contributed by atoms with E-state index in [9.17, 15) is 0 Å². The SMILES string of the molecule is COc1ccc(C)cc1NCc1cncc2ccccc12. The van der Waals surface area contributed by atoms with Gasteiger partial charge in [0, 0.05) is 24.3 Å². The highest BCUT2D eigenvalue weighted by Crippen LogP contribution is 2.26. The monoisotopic (exact) mass is 278 g/mol. The van der Waals surface area contributed by atoms with Gasteiger partial charge in [-0.1, -0.05) is 30.3 Å². The minimum absolute atomic E-state index is 0.716. The van der Waals surface area contributed by atoms with Crippen LogP contribution in [0.5, 0.6) is 5.75 Å². The Bertz CT molecular complexity index is 763. The van der Waals surface area contributed by atoms with Gasteiger partial charge in [0.2, 0.25) is 0 Å². The summed E-state index contributed by atoms with van der Waals surface area (Å²) in [5, 5.41) is 5.84. The van der Waals surface area contributed by atoms with Crippen LogP contribution in [0.1, 0.15) is 11.1 Å². The first-order valence-corrected chi connectivity index (χ1v) is 6.98. The number of rotatable bonds is 4. The third-order valence-electron chi connectivity index (χ3n) is 3.58. The molecule has 1 N–H and O–H groups in total. The van der Waals surface area contributed by atoms with Crippen LogP contribution in [0.15, 0.2) is 54.9 Å². The zero-order valence-electron chi connectivity index (χ0n) is 12.3. The third-order valence-corrected chi connectivity index (χ3v) is 3.58. The number of anilines is 1. The first-order chi connectivity index (χ1) is 10.3. The molecule has 0 amide bonds. The minimum atomic E-state index is 0.716. The van der Waals surface area contributed by atoms with Crippen molar-refractivity contribution in [3.8, 4) is 5.75 Å². The zero-order chi connectivity index (χ0) is 14.7. The van der Waals surface area contributed by atoms with E-state index >= 15 is 0 Å². The molecule has 0 saturated carbocycles. The summed E-state index contributed by atoms with van der Waals surface area (Å²) >= 11 is 0. The Kier molecular flexibility index (Phi) is 3.73. The van der Waals surface area contributed by atoms with Crippen LogP contribution in [0.2, 0.25) is 0 Å². The van der Waals surface area contributed by atoms with Crippen molar-refractivity contribution in [1.82, 2.24) is 4.98 Å². The number of aryl methyl sites for hydroxylation is 1. The molecule has 0 atom stereocenters. The Morgan fingerprint density at radius 3 is 2.81 bits per heavy atom. The van der Waals surface area contributed by atoms with Gasteiger partial charge in [-0.15, -0.1) is 0 Å². The van der Waals surface area contributed by atoms with Crippen LogP contribution in [0.3, 0.4) is 0 Å². The molecule has 0 radical (unpaired) electrons. The average Bonchev–Trinajstić information content (AvgIpc) is 2.53. The lowest BCUT2D eigenvalue weighted by atomic mass is 10.1. The van der Waals surface area contributed by atoms with Gasteiger partial charge in [-0.05, 0) is 35.6 Å². The van der Waals surface area contributed by atoms with E-state index in [1.807, 2.05) is 30.6 Å². The maximum atomic E-state index is 5.40. The Morgan fingerprint density at radius 2 is 1.95 bits per heavy atom. The van der Waals surface area contributed by atoms with Crippen LogP contribution >= 0.6 is 0 Å². The summed E-state index contributed by atoms with van der Waals surface area (Å²) in [4.78, 5) is 4.31. The summed E-state index contributed by atoms with van der Waals surface area (Å²) in [5.41, 5.74) is 3.39. The molecule has 0 aliphatic carbocycles. The molecule has 21 heavy (non-hydrogen) atoms. The zero-order valence-corrected chi connectivity index (χ0v) is 12.3. The second-order valence-corrected chi connectivity index (χ2v) is 5.08. The fourth-order valence-corrected chi connectivity index (χ4v) is 2.47. The molecule has 3 aromatic rings. The molecular formula is C18H18N2O. The number of methoxy groups -OCH3 is 1. The lowest BCUT2D eigenvalue weighted by Gasteiger charge is -2.13. The molecule has 0 saturated heterocycles. The topological polar surface area (TPSA) is 34.1 Å². The van der Waals surface area contributed by atoms with Crippen molar-refractivity contribution in [2.75, 3.05) is 12.4 Å². The van der Waals surface area contributed by atoms with E-state index < -0.39 is 0 Å². The van der Waals surface area contributed by atoms with Gasteiger partial charge in [-0.3, -0.25) is 4.98 Å². The van der Waals surface area contributed by atoms with Gasteiger partial charge in [0.25, 0.3) is 0 Å². The van der Waals surface area contributed by atoms with Gasteiger partial charge < -0.3 is 10.1 Å². The number of pyridine rings is 1. The fourth-order valence-electron chi connectivity index (χ4n) is 2.47. The molecule has 3 rings (SSSR count). The van der Waals surface area contributed by atoms with E-state index in [2.05, 4.69) is 41.5 Å². The molecule has 2 aromatic carbocycles. The lowest BCUT2D eigenvalue weighted by Crippen LogP contribution is -2.02. The van der Waals surface area contributed by atoms with E-state index in [1.165, 1.54) is 16.5 Å². The Balaban J connectivity index is 1.89. The van der Waals surface area contributed by atoms with E-state index in [1.54, 1.807) is 7.11 Å². The number of nitrogens with one attached hydrogen (secondary N) is 1. The Labute approximate surface area is 124 Å². The van der Waals surface area contributed by atoms with E-state index in [-0.39, 0.29) is 0 Å². The smallest absolute Gasteiger partial charge is 0.141 e. The second kappa shape index (κ2) is 5.83. The molecule has 0 fully saturated rings. The van der Waals surface area contributed by atoms with Gasteiger partial charge in [0.1, 0.15) is 5.75 Å². The molecular weight excluding hydrogens is 260 g/mol. The molecule has 0 unspecified atom stereocenters. The molecule has 0 aliphatic heterocycles. The van der Waals surface area contributed by atoms with Crippen molar-refractivity contribution >= 4 is 16.5 Å². The highest BCUT2D eigenvalue weighted by atomic mass is 16.5. The van der Waals surface area contributed by atoms with Gasteiger partial charge in [-0.2, -0.15) is 0 Å². The maximum Gasteiger partial charge on any atom is 0.141 e. The number of fused-ring (bicyclic) bond motifs is 1. The normalized spacial score (nSPS) is 10.6. The molecule has 1 aromatic heterocycles. The van der Waals surface area contributed by atoms with Gasteiger partial charge >= 0.3 is 0 Å². The van der Waals surface area contributed by atoms with Crippen LogP contribution in [0.25, 0.3) is 10.8 Å². The summed E-state index contributed by atoms with van der Waals surface area (Å²) in [7, 11) is 1.69. The molecule has 0 bridgehead atoms. The van der Waals surface area contributed by atoms with Crippen molar-refractivity contribution in [2.45, 2.75) is 13.5 Å². The van der Waals surface area contributed by atoms with Crippen molar-refractivity contribution in [1.29, 1.82) is 0 Å². The summed E-state index contributed by atoms with van der Waals surface area (Å²) < 4.78 is 5.40. The summed E-state index contributed by atoms with van der Waals surface area (Å²) in [6, 6.07) is 14.4. The molecule has 3 nitrogen and oxygen atoms in total. The standard InChI is InChI=1S/C18H18N2O/c1-13-7-8-18(21-2)17(9-13)20-12-15-11-19-10-14-5-3-4-6-16(14)15/h3-11,20H,12H2,1-2H3. The van der Waals surface area contributed by atoms with Gasteiger partial charge in [-0.25, -0.2) is 0 Å². The number of aromatic nitrogens is 1. The number of hydrogen-bond acceptors (Lipinski definition) is 3. The van der Waals surface area contributed by atoms with Gasteiger partial charge in [0.15, 0.2) is 0 Å². The van der Waals surface area contributed by atoms with E-state index in [0.717, 1.165) is 16.8 Å². The summed E-state index contributed by atoms with van der Waals surface area (Å²) in [5.74, 6) is 0.855. The fraction of sp³-hybridized carbons (Fsp3) is 0.167. The van der Waals surface area contributed by atoms with E-state index in [0.29, 0.717) is 6.54 Å². The molecule has 0 aliphatic rings. The largest absolute Gasteiger partial charge is 0.495 e. The minimum Gasteiger partial charge on any atom is -0.495 e. The van der Waals surface area contributed by atoms with Crippen molar-refractivity contribution in [2.24, 2.45) is 0 Å². The number of ether oxygens (including phenoxy) is 1. The highest BCUT2D eigenvalue weighted by Gasteiger charge is 2.05. The second-order valence-electron chi connectivity index (χ2n) is 5.08. The predicted molar refractivity (Wildman–Crippen MR) is 86.8 cm³/mol. The van der Waals surface area contributed by atoms with E-state index in [4.69, 9.17) is 4.74 Å². The average molecular weight is 278 g/mol. The van der Waals surface area contributed by atoms with Crippen molar-refractivity contribution in [3.05, 3.63) is 66.0 Å². The van der Waals surface area contributed by atoms with Crippen LogP contribution in [0.4, 0.5) is 5.69 Å². The Morgan fingerprint density at radius 1 is 1.10 bits per heavy atom. The molecule has 1 heterocycles.